The summed E-state index contributed by atoms with van der Waals surface area (Å²) in [4.78, 5) is 4.25. The molecule has 1 heterocycles. The molecule has 9 heteroatoms. The molecule has 1 aromatic heterocycles. The molecule has 0 aliphatic carbocycles. The van der Waals surface area contributed by atoms with Crippen molar-refractivity contribution < 1.29 is 26.8 Å². The molecular weight excluding hydrogens is 378 g/mol. The van der Waals surface area contributed by atoms with Crippen LogP contribution in [0.3, 0.4) is 0 Å². The van der Waals surface area contributed by atoms with Crippen molar-refractivity contribution in [2.75, 3.05) is 11.9 Å². The van der Waals surface area contributed by atoms with Gasteiger partial charge in [0.25, 0.3) is 0 Å². The number of alkyl halides is 3. The van der Waals surface area contributed by atoms with Crippen LogP contribution < -0.4 is 10.1 Å². The van der Waals surface area contributed by atoms with Crippen LogP contribution in [0, 0.1) is 12.7 Å². The number of nitrogens with one attached hydrogen (secondary N) is 1. The van der Waals surface area contributed by atoms with Gasteiger partial charge in [0.1, 0.15) is 17.6 Å². The van der Waals surface area contributed by atoms with Gasteiger partial charge in [-0.1, -0.05) is 23.4 Å². The van der Waals surface area contributed by atoms with E-state index in [2.05, 4.69) is 15.5 Å². The van der Waals surface area contributed by atoms with Gasteiger partial charge < -0.3 is 14.6 Å². The Hall–Kier alpha value is -3.10. The first-order valence-electron chi connectivity index (χ1n) is 8.37. The molecule has 2 aromatic carbocycles. The summed E-state index contributed by atoms with van der Waals surface area (Å²) in [6.07, 6.45) is -4.41. The lowest BCUT2D eigenvalue weighted by Gasteiger charge is -2.13. The number of hydrogen-bond donors (Lipinski definition) is 1. The lowest BCUT2D eigenvalue weighted by Crippen LogP contribution is -2.19. The Morgan fingerprint density at radius 2 is 1.96 bits per heavy atom. The first-order chi connectivity index (χ1) is 13.2. The van der Waals surface area contributed by atoms with Crippen LogP contribution in [-0.4, -0.2) is 22.9 Å². The molecule has 28 heavy (non-hydrogen) atoms. The third kappa shape index (κ3) is 4.99. The molecule has 3 aromatic rings. The van der Waals surface area contributed by atoms with E-state index in [0.29, 0.717) is 16.8 Å². The zero-order valence-electron chi connectivity index (χ0n) is 15.0. The van der Waals surface area contributed by atoms with E-state index in [1.54, 1.807) is 38.1 Å². The van der Waals surface area contributed by atoms with Gasteiger partial charge in [-0.2, -0.15) is 18.2 Å². The molecule has 0 saturated heterocycles. The first-order valence-corrected chi connectivity index (χ1v) is 8.37. The van der Waals surface area contributed by atoms with Crippen molar-refractivity contribution in [2.45, 2.75) is 26.1 Å². The first kappa shape index (κ1) is 19.7. The fourth-order valence-corrected chi connectivity index (χ4v) is 2.41. The molecule has 0 aliphatic heterocycles. The maximum absolute atomic E-state index is 13.7. The van der Waals surface area contributed by atoms with E-state index in [1.165, 1.54) is 18.2 Å². The number of aromatic nitrogens is 2. The van der Waals surface area contributed by atoms with Crippen molar-refractivity contribution in [1.29, 1.82) is 0 Å². The zero-order valence-corrected chi connectivity index (χ0v) is 15.0. The van der Waals surface area contributed by atoms with Crippen molar-refractivity contribution >= 4 is 5.69 Å². The fourth-order valence-electron chi connectivity index (χ4n) is 2.41. The highest BCUT2D eigenvalue weighted by Gasteiger charge is 2.28. The number of nitrogens with zero attached hydrogens (tertiary/aromatic N) is 2. The minimum absolute atomic E-state index is 0.0795. The van der Waals surface area contributed by atoms with Gasteiger partial charge in [0.2, 0.25) is 11.7 Å². The topological polar surface area (TPSA) is 60.2 Å². The van der Waals surface area contributed by atoms with Crippen LogP contribution in [0.25, 0.3) is 11.4 Å². The molecular formula is C19H17F4N3O2. The fraction of sp³-hybridized carbons (Fsp3) is 0.263. The molecule has 0 aliphatic rings. The summed E-state index contributed by atoms with van der Waals surface area (Å²) in [5.74, 6) is 0.198. The second-order valence-corrected chi connectivity index (χ2v) is 6.22. The Morgan fingerprint density at radius 1 is 1.18 bits per heavy atom. The second kappa shape index (κ2) is 7.87. The maximum Gasteiger partial charge on any atom is 0.422 e. The van der Waals surface area contributed by atoms with Crippen LogP contribution >= 0.6 is 0 Å². The third-order valence-electron chi connectivity index (χ3n) is 3.86. The van der Waals surface area contributed by atoms with Crippen LogP contribution in [0.4, 0.5) is 23.2 Å². The normalized spacial score (nSPS) is 12.6. The van der Waals surface area contributed by atoms with Crippen molar-refractivity contribution in [3.8, 4) is 17.1 Å². The van der Waals surface area contributed by atoms with Crippen molar-refractivity contribution in [3.63, 3.8) is 0 Å². The number of rotatable bonds is 6. The van der Waals surface area contributed by atoms with Gasteiger partial charge in [0, 0.05) is 17.3 Å². The predicted octanol–water partition coefficient (Wildman–Crippen LogP) is 5.30. The van der Waals surface area contributed by atoms with Crippen LogP contribution in [0.5, 0.6) is 5.75 Å². The molecule has 0 spiro atoms. The number of benzene rings is 2. The van der Waals surface area contributed by atoms with Crippen LogP contribution in [0.2, 0.25) is 0 Å². The summed E-state index contributed by atoms with van der Waals surface area (Å²) < 4.78 is 60.5. The summed E-state index contributed by atoms with van der Waals surface area (Å²) >= 11 is 0. The molecule has 1 unspecified atom stereocenters. The predicted molar refractivity (Wildman–Crippen MR) is 94.5 cm³/mol. The molecule has 0 saturated carbocycles. The van der Waals surface area contributed by atoms with E-state index < -0.39 is 18.8 Å². The number of halogens is 4. The van der Waals surface area contributed by atoms with Crippen LogP contribution in [0.15, 0.2) is 47.0 Å². The number of ether oxygens (including phenoxy) is 1. The summed E-state index contributed by atoms with van der Waals surface area (Å²) in [5.41, 5.74) is 1.51. The highest BCUT2D eigenvalue weighted by molar-refractivity contribution is 5.55. The highest BCUT2D eigenvalue weighted by Crippen LogP contribution is 2.26. The minimum Gasteiger partial charge on any atom is -0.484 e. The van der Waals surface area contributed by atoms with Crippen LogP contribution in [-0.2, 0) is 0 Å². The quantitative estimate of drug-likeness (QED) is 0.574. The summed E-state index contributed by atoms with van der Waals surface area (Å²) in [6.45, 7) is 2.03. The van der Waals surface area contributed by atoms with E-state index in [0.717, 1.165) is 0 Å². The summed E-state index contributed by atoms with van der Waals surface area (Å²) in [7, 11) is 0. The Bertz CT molecular complexity index is 956. The highest BCUT2D eigenvalue weighted by atomic mass is 19.4. The van der Waals surface area contributed by atoms with Gasteiger partial charge in [-0.15, -0.1) is 0 Å². The van der Waals surface area contributed by atoms with Gasteiger partial charge in [0.15, 0.2) is 6.61 Å². The summed E-state index contributed by atoms with van der Waals surface area (Å²) in [6, 6.07) is 10.3. The van der Waals surface area contributed by atoms with Crippen molar-refractivity contribution in [1.82, 2.24) is 10.1 Å². The molecule has 148 valence electrons. The average Bonchev–Trinajstić information content (AvgIpc) is 3.12. The molecule has 1 N–H and O–H groups in total. The Balaban J connectivity index is 1.69. The van der Waals surface area contributed by atoms with Crippen molar-refractivity contribution in [3.05, 3.63) is 59.7 Å². The Kier molecular flexibility index (Phi) is 5.53. The Labute approximate surface area is 158 Å². The monoisotopic (exact) mass is 395 g/mol. The van der Waals surface area contributed by atoms with Crippen molar-refractivity contribution in [2.24, 2.45) is 0 Å². The molecule has 0 radical (unpaired) electrons. The molecule has 0 amide bonds. The van der Waals surface area contributed by atoms with Gasteiger partial charge in [-0.3, -0.25) is 0 Å². The van der Waals surface area contributed by atoms with Gasteiger partial charge in [0.05, 0.1) is 0 Å². The molecule has 0 fully saturated rings. The Morgan fingerprint density at radius 3 is 2.68 bits per heavy atom. The zero-order chi connectivity index (χ0) is 20.3. The largest absolute Gasteiger partial charge is 0.484 e. The maximum atomic E-state index is 13.7. The molecule has 0 bridgehead atoms. The van der Waals surface area contributed by atoms with E-state index >= 15 is 0 Å². The third-order valence-corrected chi connectivity index (χ3v) is 3.86. The number of hydrogen-bond acceptors (Lipinski definition) is 5. The lowest BCUT2D eigenvalue weighted by molar-refractivity contribution is -0.153. The number of aryl methyl sites for hydroxylation is 1. The van der Waals surface area contributed by atoms with E-state index in [9.17, 15) is 17.6 Å². The standard InChI is InChI=1S/C19H17F4N3O2/c1-11-6-7-13(8-16(11)20)17-25-18(28-26-17)12(2)24-14-4-3-5-15(9-14)27-10-19(21,22)23/h3-9,12,24H,10H2,1-2H3. The smallest absolute Gasteiger partial charge is 0.422 e. The molecule has 5 nitrogen and oxygen atoms in total. The van der Waals surface area contributed by atoms with E-state index in [4.69, 9.17) is 9.26 Å². The van der Waals surface area contributed by atoms with E-state index in [1.807, 2.05) is 0 Å². The summed E-state index contributed by atoms with van der Waals surface area (Å²) in [5, 5.41) is 6.90. The van der Waals surface area contributed by atoms with E-state index in [-0.39, 0.29) is 23.3 Å². The van der Waals surface area contributed by atoms with Gasteiger partial charge in [-0.25, -0.2) is 4.39 Å². The minimum atomic E-state index is -4.41. The molecule has 3 rings (SSSR count). The van der Waals surface area contributed by atoms with Gasteiger partial charge in [-0.05, 0) is 37.6 Å². The van der Waals surface area contributed by atoms with Crippen LogP contribution in [0.1, 0.15) is 24.4 Å². The average molecular weight is 395 g/mol. The number of anilines is 1. The molecule has 1 atom stereocenters. The van der Waals surface area contributed by atoms with Gasteiger partial charge >= 0.3 is 6.18 Å². The second-order valence-electron chi connectivity index (χ2n) is 6.22. The SMILES string of the molecule is Cc1ccc(-c2noc(C(C)Nc3cccc(OCC(F)(F)F)c3)n2)cc1F. The lowest BCUT2D eigenvalue weighted by atomic mass is 10.1.